The zero-order valence-corrected chi connectivity index (χ0v) is 14.9. The number of nitrogens with one attached hydrogen (secondary N) is 1. The normalized spacial score (nSPS) is 18.5. The number of carbonyl (C=O) groups is 1. The predicted octanol–water partition coefficient (Wildman–Crippen LogP) is 3.48. The fourth-order valence-corrected chi connectivity index (χ4v) is 2.94. The molecule has 1 aromatic carbocycles. The molecule has 1 unspecified atom stereocenters. The van der Waals surface area contributed by atoms with Crippen molar-refractivity contribution < 1.29 is 9.53 Å². The van der Waals surface area contributed by atoms with Crippen molar-refractivity contribution in [3.05, 3.63) is 35.4 Å². The second kappa shape index (κ2) is 7.82. The van der Waals surface area contributed by atoms with Crippen molar-refractivity contribution >= 4 is 6.03 Å². The highest BCUT2D eigenvalue weighted by Gasteiger charge is 2.23. The third kappa shape index (κ3) is 5.24. The van der Waals surface area contributed by atoms with Crippen LogP contribution in [-0.4, -0.2) is 43.8 Å². The van der Waals surface area contributed by atoms with E-state index in [9.17, 15) is 4.79 Å². The first-order valence-corrected chi connectivity index (χ1v) is 8.56. The van der Waals surface area contributed by atoms with Crippen LogP contribution in [-0.2, 0) is 10.2 Å². The number of nitrogens with zero attached hydrogens (tertiary/aromatic N) is 1. The van der Waals surface area contributed by atoms with E-state index in [2.05, 4.69) is 50.4 Å². The molecule has 0 bridgehead atoms. The number of urea groups is 1. The van der Waals surface area contributed by atoms with E-state index in [1.807, 2.05) is 7.05 Å². The van der Waals surface area contributed by atoms with Gasteiger partial charge >= 0.3 is 6.03 Å². The van der Waals surface area contributed by atoms with Crippen LogP contribution in [0.15, 0.2) is 24.3 Å². The van der Waals surface area contributed by atoms with Crippen molar-refractivity contribution in [2.45, 2.75) is 51.6 Å². The van der Waals surface area contributed by atoms with Gasteiger partial charge in [-0.1, -0.05) is 43.7 Å². The first kappa shape index (κ1) is 17.8. The van der Waals surface area contributed by atoms with Crippen LogP contribution in [0.5, 0.6) is 0 Å². The molecule has 1 heterocycles. The molecule has 0 aromatic heterocycles. The van der Waals surface area contributed by atoms with Gasteiger partial charge in [-0.25, -0.2) is 4.79 Å². The smallest absolute Gasteiger partial charge is 0.317 e. The monoisotopic (exact) mass is 318 g/mol. The van der Waals surface area contributed by atoms with Gasteiger partial charge in [0.25, 0.3) is 0 Å². The van der Waals surface area contributed by atoms with Gasteiger partial charge in [0.05, 0.1) is 6.10 Å². The number of likely N-dealkylation sites (N-methyl/N-ethyl adjacent to an activating group) is 1. The first-order chi connectivity index (χ1) is 10.9. The zero-order chi connectivity index (χ0) is 16.9. The summed E-state index contributed by atoms with van der Waals surface area (Å²) in [6.45, 7) is 8.51. The molecule has 1 aliphatic rings. The first-order valence-electron chi connectivity index (χ1n) is 8.56. The van der Waals surface area contributed by atoms with E-state index in [0.29, 0.717) is 13.1 Å². The number of benzene rings is 1. The van der Waals surface area contributed by atoms with Gasteiger partial charge in [0.1, 0.15) is 0 Å². The Morgan fingerprint density at radius 2 is 2.17 bits per heavy atom. The van der Waals surface area contributed by atoms with Gasteiger partial charge in [0.2, 0.25) is 0 Å². The SMILES string of the molecule is Cc1cccc(C(C)(C)CNC(=O)N(C)CC2CCCCO2)c1. The number of hydrogen-bond donors (Lipinski definition) is 1. The molecule has 0 saturated carbocycles. The Morgan fingerprint density at radius 3 is 2.83 bits per heavy atom. The molecule has 1 saturated heterocycles. The molecule has 0 spiro atoms. The molecule has 1 N–H and O–H groups in total. The Morgan fingerprint density at radius 1 is 1.39 bits per heavy atom. The van der Waals surface area contributed by atoms with Crippen LogP contribution in [0, 0.1) is 6.92 Å². The van der Waals surface area contributed by atoms with E-state index in [4.69, 9.17) is 4.74 Å². The third-order valence-corrected chi connectivity index (χ3v) is 4.58. The summed E-state index contributed by atoms with van der Waals surface area (Å²) >= 11 is 0. The van der Waals surface area contributed by atoms with Gasteiger partial charge in [0, 0.05) is 32.2 Å². The van der Waals surface area contributed by atoms with Crippen molar-refractivity contribution in [2.75, 3.05) is 26.7 Å². The van der Waals surface area contributed by atoms with E-state index in [-0.39, 0.29) is 17.6 Å². The summed E-state index contributed by atoms with van der Waals surface area (Å²) in [6.07, 6.45) is 3.56. The Hall–Kier alpha value is -1.55. The van der Waals surface area contributed by atoms with E-state index in [0.717, 1.165) is 19.4 Å². The minimum atomic E-state index is -0.0934. The number of carbonyl (C=O) groups excluding carboxylic acids is 1. The maximum atomic E-state index is 12.3. The van der Waals surface area contributed by atoms with Crippen LogP contribution in [0.1, 0.15) is 44.2 Å². The number of rotatable bonds is 5. The molecule has 4 nitrogen and oxygen atoms in total. The van der Waals surface area contributed by atoms with Crippen LogP contribution >= 0.6 is 0 Å². The van der Waals surface area contributed by atoms with Gasteiger partial charge in [-0.15, -0.1) is 0 Å². The highest BCUT2D eigenvalue weighted by atomic mass is 16.5. The van der Waals surface area contributed by atoms with Crippen molar-refractivity contribution in [3.63, 3.8) is 0 Å². The van der Waals surface area contributed by atoms with E-state index >= 15 is 0 Å². The van der Waals surface area contributed by atoms with Gasteiger partial charge in [-0.05, 0) is 31.7 Å². The lowest BCUT2D eigenvalue weighted by Gasteiger charge is -2.30. The second-order valence-electron chi connectivity index (χ2n) is 7.28. The lowest BCUT2D eigenvalue weighted by atomic mass is 9.84. The molecule has 2 amide bonds. The summed E-state index contributed by atoms with van der Waals surface area (Å²) in [5.41, 5.74) is 2.40. The lowest BCUT2D eigenvalue weighted by Crippen LogP contribution is -2.46. The maximum Gasteiger partial charge on any atom is 0.317 e. The topological polar surface area (TPSA) is 41.6 Å². The van der Waals surface area contributed by atoms with Gasteiger partial charge < -0.3 is 15.0 Å². The molecule has 4 heteroatoms. The molecular formula is C19H30N2O2. The number of hydrogen-bond acceptors (Lipinski definition) is 2. The van der Waals surface area contributed by atoms with E-state index < -0.39 is 0 Å². The van der Waals surface area contributed by atoms with Crippen LogP contribution in [0.4, 0.5) is 4.79 Å². The molecule has 2 rings (SSSR count). The van der Waals surface area contributed by atoms with Crippen LogP contribution in [0.3, 0.4) is 0 Å². The van der Waals surface area contributed by atoms with Crippen molar-refractivity contribution in [1.82, 2.24) is 10.2 Å². The summed E-state index contributed by atoms with van der Waals surface area (Å²) in [4.78, 5) is 14.1. The average Bonchev–Trinajstić information content (AvgIpc) is 2.53. The Bertz CT molecular complexity index is 522. The minimum absolute atomic E-state index is 0.0279. The van der Waals surface area contributed by atoms with Crippen LogP contribution < -0.4 is 5.32 Å². The highest BCUT2D eigenvalue weighted by molar-refractivity contribution is 5.74. The molecular weight excluding hydrogens is 288 g/mol. The molecule has 0 radical (unpaired) electrons. The van der Waals surface area contributed by atoms with Gasteiger partial charge in [-0.2, -0.15) is 0 Å². The third-order valence-electron chi connectivity index (χ3n) is 4.58. The Labute approximate surface area is 140 Å². The summed E-state index contributed by atoms with van der Waals surface area (Å²) < 4.78 is 5.70. The fourth-order valence-electron chi connectivity index (χ4n) is 2.94. The molecule has 1 fully saturated rings. The number of amides is 2. The second-order valence-corrected chi connectivity index (χ2v) is 7.28. The average molecular weight is 318 g/mol. The fraction of sp³-hybridized carbons (Fsp3) is 0.632. The minimum Gasteiger partial charge on any atom is -0.376 e. The van der Waals surface area contributed by atoms with E-state index in [1.54, 1.807) is 4.90 Å². The summed E-state index contributed by atoms with van der Waals surface area (Å²) in [7, 11) is 1.84. The molecule has 1 aliphatic heterocycles. The summed E-state index contributed by atoms with van der Waals surface area (Å²) in [5, 5.41) is 3.06. The van der Waals surface area contributed by atoms with Gasteiger partial charge in [0.15, 0.2) is 0 Å². The summed E-state index contributed by atoms with van der Waals surface area (Å²) in [5.74, 6) is 0. The lowest BCUT2D eigenvalue weighted by molar-refractivity contribution is 0.00382. The predicted molar refractivity (Wildman–Crippen MR) is 93.8 cm³/mol. The van der Waals surface area contributed by atoms with E-state index in [1.165, 1.54) is 17.5 Å². The molecule has 23 heavy (non-hydrogen) atoms. The van der Waals surface area contributed by atoms with Gasteiger partial charge in [-0.3, -0.25) is 0 Å². The Balaban J connectivity index is 1.84. The Kier molecular flexibility index (Phi) is 6.05. The largest absolute Gasteiger partial charge is 0.376 e. The van der Waals surface area contributed by atoms with Crippen LogP contribution in [0.2, 0.25) is 0 Å². The standard InChI is InChI=1S/C19H30N2O2/c1-15-8-7-9-16(12-15)19(2,3)14-20-18(22)21(4)13-17-10-5-6-11-23-17/h7-9,12,17H,5-6,10-11,13-14H2,1-4H3,(H,20,22). The quantitative estimate of drug-likeness (QED) is 0.903. The van der Waals surface area contributed by atoms with Crippen molar-refractivity contribution in [1.29, 1.82) is 0 Å². The maximum absolute atomic E-state index is 12.3. The van der Waals surface area contributed by atoms with Crippen molar-refractivity contribution in [2.24, 2.45) is 0 Å². The number of ether oxygens (including phenoxy) is 1. The highest BCUT2D eigenvalue weighted by Crippen LogP contribution is 2.23. The molecule has 128 valence electrons. The molecule has 0 aliphatic carbocycles. The summed E-state index contributed by atoms with van der Waals surface area (Å²) in [6, 6.07) is 8.45. The van der Waals surface area contributed by atoms with Crippen LogP contribution in [0.25, 0.3) is 0 Å². The molecule has 1 atom stereocenters. The zero-order valence-electron chi connectivity index (χ0n) is 14.9. The van der Waals surface area contributed by atoms with Crippen molar-refractivity contribution in [3.8, 4) is 0 Å². The molecule has 1 aromatic rings. The number of aryl methyl sites for hydroxylation is 1.